The lowest BCUT2D eigenvalue weighted by Gasteiger charge is -2.26. The van der Waals surface area contributed by atoms with Gasteiger partial charge in [0.05, 0.1) is 0 Å². The topological polar surface area (TPSA) is 22.0 Å². The molecule has 2 nitrogen and oxygen atoms in total. The Bertz CT molecular complexity index is 432. The second-order valence-electron chi connectivity index (χ2n) is 4.17. The van der Waals surface area contributed by atoms with Crippen LogP contribution in [0.4, 0.5) is 13.2 Å². The molecule has 2 rings (SSSR count). The Morgan fingerprint density at radius 3 is 2.56 bits per heavy atom. The number of hydrogen-bond donors (Lipinski definition) is 0. The van der Waals surface area contributed by atoms with Gasteiger partial charge in [0.25, 0.3) is 5.56 Å². The second-order valence-corrected chi connectivity index (χ2v) is 4.17. The lowest BCUT2D eigenvalue weighted by atomic mass is 9.85. The van der Waals surface area contributed by atoms with E-state index in [2.05, 4.69) is 0 Å². The number of aromatic nitrogens is 1. The Labute approximate surface area is 90.7 Å². The summed E-state index contributed by atoms with van der Waals surface area (Å²) in [5.74, 6) is 0.362. The van der Waals surface area contributed by atoms with Gasteiger partial charge in [0.2, 0.25) is 0 Å². The van der Waals surface area contributed by atoms with Crippen molar-refractivity contribution in [3.8, 4) is 0 Å². The summed E-state index contributed by atoms with van der Waals surface area (Å²) in [6, 6.07) is 2.11. The number of rotatable bonds is 2. The number of nitrogens with zero attached hydrogens (tertiary/aromatic N) is 1. The van der Waals surface area contributed by atoms with Crippen molar-refractivity contribution in [1.29, 1.82) is 0 Å². The molecule has 0 amide bonds. The maximum Gasteiger partial charge on any atom is 0.421 e. The first-order chi connectivity index (χ1) is 7.48. The van der Waals surface area contributed by atoms with Crippen LogP contribution in [0.25, 0.3) is 0 Å². The fraction of sp³-hybridized carbons (Fsp3) is 0.545. The first-order valence-electron chi connectivity index (χ1n) is 5.25. The number of alkyl halides is 3. The van der Waals surface area contributed by atoms with E-state index in [4.69, 9.17) is 0 Å². The molecule has 1 aromatic heterocycles. The lowest BCUT2D eigenvalue weighted by molar-refractivity contribution is -0.139. The molecule has 0 aromatic carbocycles. The van der Waals surface area contributed by atoms with E-state index in [1.807, 2.05) is 0 Å². The molecule has 16 heavy (non-hydrogen) atoms. The molecule has 1 aromatic rings. The number of pyridine rings is 1. The summed E-state index contributed by atoms with van der Waals surface area (Å²) in [7, 11) is 0. The highest BCUT2D eigenvalue weighted by atomic mass is 19.4. The molecule has 1 fully saturated rings. The average Bonchev–Trinajstić information content (AvgIpc) is 2.11. The van der Waals surface area contributed by atoms with Crippen molar-refractivity contribution in [2.45, 2.75) is 32.0 Å². The van der Waals surface area contributed by atoms with Gasteiger partial charge in [0.15, 0.2) is 0 Å². The zero-order valence-corrected chi connectivity index (χ0v) is 8.63. The van der Waals surface area contributed by atoms with Gasteiger partial charge >= 0.3 is 6.18 Å². The smallest absolute Gasteiger partial charge is 0.315 e. The van der Waals surface area contributed by atoms with Crippen LogP contribution in [0.5, 0.6) is 0 Å². The summed E-state index contributed by atoms with van der Waals surface area (Å²) in [4.78, 5) is 11.5. The zero-order chi connectivity index (χ0) is 11.8. The average molecular weight is 231 g/mol. The Morgan fingerprint density at radius 1 is 1.38 bits per heavy atom. The molecule has 1 aliphatic carbocycles. The van der Waals surface area contributed by atoms with Crippen molar-refractivity contribution in [2.24, 2.45) is 5.92 Å². The Morgan fingerprint density at radius 2 is 2.06 bits per heavy atom. The first kappa shape index (κ1) is 11.2. The summed E-state index contributed by atoms with van der Waals surface area (Å²) < 4.78 is 38.5. The summed E-state index contributed by atoms with van der Waals surface area (Å²) in [6.45, 7) is 0.406. The van der Waals surface area contributed by atoms with Gasteiger partial charge in [-0.2, -0.15) is 13.2 Å². The predicted octanol–water partition coefficient (Wildman–Crippen LogP) is 2.67. The van der Waals surface area contributed by atoms with Crippen LogP contribution in [0.3, 0.4) is 0 Å². The third kappa shape index (κ3) is 2.13. The molecular formula is C11H12F3NO. The first-order valence-corrected chi connectivity index (χ1v) is 5.25. The van der Waals surface area contributed by atoms with Crippen LogP contribution in [-0.2, 0) is 12.7 Å². The maximum atomic E-state index is 12.4. The number of halogens is 3. The summed E-state index contributed by atoms with van der Waals surface area (Å²) in [5, 5.41) is 0. The van der Waals surface area contributed by atoms with Gasteiger partial charge in [0, 0.05) is 12.7 Å². The highest BCUT2D eigenvalue weighted by Gasteiger charge is 2.34. The quantitative estimate of drug-likeness (QED) is 0.767. The molecular weight excluding hydrogens is 219 g/mol. The molecule has 0 unspecified atom stereocenters. The molecule has 0 saturated heterocycles. The molecule has 0 radical (unpaired) electrons. The third-order valence-electron chi connectivity index (χ3n) is 3.01. The Hall–Kier alpha value is -1.26. The Kier molecular flexibility index (Phi) is 2.78. The molecule has 0 bridgehead atoms. The fourth-order valence-corrected chi connectivity index (χ4v) is 1.85. The van der Waals surface area contributed by atoms with Crippen molar-refractivity contribution in [2.75, 3.05) is 0 Å². The van der Waals surface area contributed by atoms with Crippen LogP contribution in [0.2, 0.25) is 0 Å². The highest BCUT2D eigenvalue weighted by molar-refractivity contribution is 5.14. The van der Waals surface area contributed by atoms with Gasteiger partial charge in [-0.1, -0.05) is 6.42 Å². The molecule has 1 heterocycles. The predicted molar refractivity (Wildman–Crippen MR) is 53.0 cm³/mol. The SMILES string of the molecule is O=c1c(C(F)(F)F)cccn1CC1CCC1. The molecule has 88 valence electrons. The van der Waals surface area contributed by atoms with Gasteiger partial charge in [-0.3, -0.25) is 4.79 Å². The number of hydrogen-bond acceptors (Lipinski definition) is 1. The molecule has 0 atom stereocenters. The van der Waals surface area contributed by atoms with E-state index < -0.39 is 17.3 Å². The van der Waals surface area contributed by atoms with E-state index >= 15 is 0 Å². The van der Waals surface area contributed by atoms with Crippen LogP contribution >= 0.6 is 0 Å². The van der Waals surface area contributed by atoms with E-state index in [1.54, 1.807) is 0 Å². The maximum absolute atomic E-state index is 12.4. The molecule has 5 heteroatoms. The van der Waals surface area contributed by atoms with E-state index in [0.29, 0.717) is 12.5 Å². The minimum absolute atomic E-state index is 0.362. The fourth-order valence-electron chi connectivity index (χ4n) is 1.85. The molecule has 0 spiro atoms. The normalized spacial score (nSPS) is 17.2. The van der Waals surface area contributed by atoms with Crippen molar-refractivity contribution in [3.05, 3.63) is 34.2 Å². The minimum Gasteiger partial charge on any atom is -0.315 e. The van der Waals surface area contributed by atoms with Gasteiger partial charge < -0.3 is 4.57 Å². The van der Waals surface area contributed by atoms with E-state index in [-0.39, 0.29) is 0 Å². The van der Waals surface area contributed by atoms with Gasteiger partial charge in [-0.15, -0.1) is 0 Å². The lowest BCUT2D eigenvalue weighted by Crippen LogP contribution is -2.31. The van der Waals surface area contributed by atoms with Crippen LogP contribution in [0, 0.1) is 5.92 Å². The van der Waals surface area contributed by atoms with E-state index in [9.17, 15) is 18.0 Å². The van der Waals surface area contributed by atoms with Crippen LogP contribution in [0.15, 0.2) is 23.1 Å². The van der Waals surface area contributed by atoms with Crippen molar-refractivity contribution in [1.82, 2.24) is 4.57 Å². The molecule has 0 N–H and O–H groups in total. The van der Waals surface area contributed by atoms with E-state index in [0.717, 1.165) is 25.3 Å². The van der Waals surface area contributed by atoms with Gasteiger partial charge in [-0.05, 0) is 30.9 Å². The Balaban J connectivity index is 2.29. The van der Waals surface area contributed by atoms with Crippen molar-refractivity contribution in [3.63, 3.8) is 0 Å². The monoisotopic (exact) mass is 231 g/mol. The highest BCUT2D eigenvalue weighted by Crippen LogP contribution is 2.28. The minimum atomic E-state index is -4.56. The van der Waals surface area contributed by atoms with Crippen LogP contribution in [0.1, 0.15) is 24.8 Å². The van der Waals surface area contributed by atoms with Crippen molar-refractivity contribution < 1.29 is 13.2 Å². The molecule has 0 aliphatic heterocycles. The summed E-state index contributed by atoms with van der Waals surface area (Å²) in [5.41, 5.74) is -2.00. The largest absolute Gasteiger partial charge is 0.421 e. The second kappa shape index (κ2) is 3.96. The standard InChI is InChI=1S/C11H12F3NO/c12-11(13,14)9-5-2-6-15(10(9)16)7-8-3-1-4-8/h2,5-6,8H,1,3-4,7H2. The summed E-state index contributed by atoms with van der Waals surface area (Å²) >= 11 is 0. The van der Waals surface area contributed by atoms with Crippen LogP contribution in [-0.4, -0.2) is 4.57 Å². The van der Waals surface area contributed by atoms with Crippen LogP contribution < -0.4 is 5.56 Å². The van der Waals surface area contributed by atoms with Gasteiger partial charge in [-0.25, -0.2) is 0 Å². The zero-order valence-electron chi connectivity index (χ0n) is 8.63. The summed E-state index contributed by atoms with van der Waals surface area (Å²) in [6.07, 6.45) is -0.0145. The molecule has 1 saturated carbocycles. The molecule has 1 aliphatic rings. The third-order valence-corrected chi connectivity index (χ3v) is 3.01. The van der Waals surface area contributed by atoms with E-state index in [1.165, 1.54) is 16.8 Å². The van der Waals surface area contributed by atoms with Gasteiger partial charge in [0.1, 0.15) is 5.56 Å². The van der Waals surface area contributed by atoms with Crippen molar-refractivity contribution >= 4 is 0 Å².